The van der Waals surface area contributed by atoms with Crippen LogP contribution in [0.25, 0.3) is 0 Å². The molecule has 2 rings (SSSR count). The molecule has 2 aromatic rings. The first-order chi connectivity index (χ1) is 11.4. The molecule has 0 aliphatic rings. The van der Waals surface area contributed by atoms with Crippen molar-refractivity contribution in [2.45, 2.75) is 32.7 Å². The number of nitrogens with zero attached hydrogens (tertiary/aromatic N) is 2. The molecule has 2 N–H and O–H groups in total. The summed E-state index contributed by atoms with van der Waals surface area (Å²) in [5.41, 5.74) is 1.19. The first-order valence-corrected chi connectivity index (χ1v) is 7.90. The standard InChI is InChI=1S/C18H24N4O2/c1-18(2,3)20-17(23)15-8-9-16(22-21-15)19-11-10-13-6-5-7-14(12-13)24-4/h5-9,12H,10-11H2,1-4H3,(H,19,22)(H,20,23). The molecule has 0 aliphatic carbocycles. The molecule has 0 radical (unpaired) electrons. The Morgan fingerprint density at radius 3 is 2.58 bits per heavy atom. The first kappa shape index (κ1) is 17.7. The van der Waals surface area contributed by atoms with Crippen LogP contribution in [0.5, 0.6) is 5.75 Å². The summed E-state index contributed by atoms with van der Waals surface area (Å²) in [7, 11) is 1.66. The summed E-state index contributed by atoms with van der Waals surface area (Å²) in [6.45, 7) is 6.49. The van der Waals surface area contributed by atoms with Gasteiger partial charge in [-0.3, -0.25) is 4.79 Å². The number of nitrogens with one attached hydrogen (secondary N) is 2. The molecule has 6 nitrogen and oxygen atoms in total. The average Bonchev–Trinajstić information content (AvgIpc) is 2.54. The van der Waals surface area contributed by atoms with Crippen molar-refractivity contribution in [1.29, 1.82) is 0 Å². The molecule has 1 heterocycles. The number of methoxy groups -OCH3 is 1. The maximum Gasteiger partial charge on any atom is 0.272 e. The van der Waals surface area contributed by atoms with Gasteiger partial charge >= 0.3 is 0 Å². The van der Waals surface area contributed by atoms with Crippen LogP contribution in [0.15, 0.2) is 36.4 Å². The topological polar surface area (TPSA) is 76.1 Å². The van der Waals surface area contributed by atoms with E-state index in [0.29, 0.717) is 11.5 Å². The van der Waals surface area contributed by atoms with Crippen molar-refractivity contribution in [3.63, 3.8) is 0 Å². The predicted octanol–water partition coefficient (Wildman–Crippen LogP) is 2.67. The zero-order valence-corrected chi connectivity index (χ0v) is 14.6. The van der Waals surface area contributed by atoms with Gasteiger partial charge in [0.1, 0.15) is 11.6 Å². The van der Waals surface area contributed by atoms with Crippen molar-refractivity contribution < 1.29 is 9.53 Å². The van der Waals surface area contributed by atoms with Gasteiger partial charge < -0.3 is 15.4 Å². The highest BCUT2D eigenvalue weighted by molar-refractivity contribution is 5.92. The molecule has 1 aromatic carbocycles. The second kappa shape index (κ2) is 7.77. The van der Waals surface area contributed by atoms with Gasteiger partial charge in [-0.15, -0.1) is 10.2 Å². The molecule has 0 fully saturated rings. The van der Waals surface area contributed by atoms with E-state index >= 15 is 0 Å². The molecule has 6 heteroatoms. The average molecular weight is 328 g/mol. The molecule has 0 aliphatic heterocycles. The van der Waals surface area contributed by atoms with E-state index in [2.05, 4.69) is 26.9 Å². The van der Waals surface area contributed by atoms with Crippen LogP contribution in [-0.2, 0) is 6.42 Å². The third kappa shape index (κ3) is 5.53. The Labute approximate surface area is 142 Å². The summed E-state index contributed by atoms with van der Waals surface area (Å²) in [4.78, 5) is 12.0. The molecule has 1 amide bonds. The Bertz CT molecular complexity index is 678. The summed E-state index contributed by atoms with van der Waals surface area (Å²) in [5, 5.41) is 14.1. The van der Waals surface area contributed by atoms with Gasteiger partial charge in [0.15, 0.2) is 5.69 Å². The number of benzene rings is 1. The lowest BCUT2D eigenvalue weighted by molar-refractivity contribution is 0.0913. The van der Waals surface area contributed by atoms with Crippen molar-refractivity contribution in [3.05, 3.63) is 47.7 Å². The van der Waals surface area contributed by atoms with E-state index in [4.69, 9.17) is 4.74 Å². The van der Waals surface area contributed by atoms with Gasteiger partial charge in [-0.1, -0.05) is 12.1 Å². The Balaban J connectivity index is 1.86. The summed E-state index contributed by atoms with van der Waals surface area (Å²) < 4.78 is 5.21. The first-order valence-electron chi connectivity index (χ1n) is 7.90. The normalized spacial score (nSPS) is 11.0. The fourth-order valence-electron chi connectivity index (χ4n) is 2.12. The Morgan fingerprint density at radius 2 is 1.96 bits per heavy atom. The van der Waals surface area contributed by atoms with Crippen molar-refractivity contribution in [1.82, 2.24) is 15.5 Å². The van der Waals surface area contributed by atoms with Crippen LogP contribution >= 0.6 is 0 Å². The lowest BCUT2D eigenvalue weighted by Crippen LogP contribution is -2.41. The minimum absolute atomic E-state index is 0.224. The third-order valence-electron chi connectivity index (χ3n) is 3.24. The molecule has 0 bridgehead atoms. The van der Waals surface area contributed by atoms with Gasteiger partial charge in [0.05, 0.1) is 7.11 Å². The minimum atomic E-state index is -0.299. The van der Waals surface area contributed by atoms with E-state index < -0.39 is 0 Å². The SMILES string of the molecule is COc1cccc(CCNc2ccc(C(=O)NC(C)(C)C)nn2)c1. The molecule has 0 saturated heterocycles. The zero-order chi connectivity index (χ0) is 17.6. The van der Waals surface area contributed by atoms with Crippen LogP contribution in [-0.4, -0.2) is 35.3 Å². The van der Waals surface area contributed by atoms with E-state index in [9.17, 15) is 4.79 Å². The Hall–Kier alpha value is -2.63. The molecule has 0 spiro atoms. The van der Waals surface area contributed by atoms with E-state index in [0.717, 1.165) is 18.7 Å². The van der Waals surface area contributed by atoms with Crippen LogP contribution in [0.4, 0.5) is 5.82 Å². The number of hydrogen-bond donors (Lipinski definition) is 2. The van der Waals surface area contributed by atoms with E-state index in [1.165, 1.54) is 5.56 Å². The molecule has 1 aromatic heterocycles. The second-order valence-corrected chi connectivity index (χ2v) is 6.54. The zero-order valence-electron chi connectivity index (χ0n) is 14.6. The van der Waals surface area contributed by atoms with Gasteiger partial charge in [-0.2, -0.15) is 0 Å². The molecule has 0 saturated carbocycles. The van der Waals surface area contributed by atoms with Gasteiger partial charge in [-0.05, 0) is 57.0 Å². The van der Waals surface area contributed by atoms with Crippen molar-refractivity contribution in [2.75, 3.05) is 19.0 Å². The number of hydrogen-bond acceptors (Lipinski definition) is 5. The maximum absolute atomic E-state index is 12.0. The quantitative estimate of drug-likeness (QED) is 0.852. The van der Waals surface area contributed by atoms with Crippen LogP contribution in [0, 0.1) is 0 Å². The second-order valence-electron chi connectivity index (χ2n) is 6.54. The summed E-state index contributed by atoms with van der Waals surface area (Å²) in [5.74, 6) is 1.27. The molecular weight excluding hydrogens is 304 g/mol. The fourth-order valence-corrected chi connectivity index (χ4v) is 2.12. The molecule has 0 unspecified atom stereocenters. The van der Waals surface area contributed by atoms with Gasteiger partial charge in [0.25, 0.3) is 5.91 Å². The number of ether oxygens (including phenoxy) is 1. The number of anilines is 1. The monoisotopic (exact) mass is 328 g/mol. The van der Waals surface area contributed by atoms with E-state index in [1.54, 1.807) is 19.2 Å². The molecular formula is C18H24N4O2. The Morgan fingerprint density at radius 1 is 1.17 bits per heavy atom. The number of carbonyl (C=O) groups is 1. The van der Waals surface area contributed by atoms with Crippen LogP contribution in [0.2, 0.25) is 0 Å². The fraction of sp³-hybridized carbons (Fsp3) is 0.389. The predicted molar refractivity (Wildman–Crippen MR) is 94.4 cm³/mol. The highest BCUT2D eigenvalue weighted by Gasteiger charge is 2.16. The molecule has 24 heavy (non-hydrogen) atoms. The largest absolute Gasteiger partial charge is 0.497 e. The third-order valence-corrected chi connectivity index (χ3v) is 3.24. The van der Waals surface area contributed by atoms with Gasteiger partial charge in [-0.25, -0.2) is 0 Å². The number of amides is 1. The van der Waals surface area contributed by atoms with E-state index in [1.807, 2.05) is 39.0 Å². The summed E-state index contributed by atoms with van der Waals surface area (Å²) in [6, 6.07) is 11.4. The van der Waals surface area contributed by atoms with Gasteiger partial charge in [0.2, 0.25) is 0 Å². The van der Waals surface area contributed by atoms with Gasteiger partial charge in [0, 0.05) is 12.1 Å². The summed E-state index contributed by atoms with van der Waals surface area (Å²) in [6.07, 6.45) is 0.838. The minimum Gasteiger partial charge on any atom is -0.497 e. The van der Waals surface area contributed by atoms with Crippen molar-refractivity contribution in [2.24, 2.45) is 0 Å². The lowest BCUT2D eigenvalue weighted by Gasteiger charge is -2.19. The smallest absolute Gasteiger partial charge is 0.272 e. The number of rotatable bonds is 6. The number of aromatic nitrogens is 2. The van der Waals surface area contributed by atoms with Crippen LogP contribution in [0.3, 0.4) is 0 Å². The van der Waals surface area contributed by atoms with Crippen LogP contribution in [0.1, 0.15) is 36.8 Å². The Kier molecular flexibility index (Phi) is 5.73. The number of carbonyl (C=O) groups excluding carboxylic acids is 1. The van der Waals surface area contributed by atoms with Crippen molar-refractivity contribution >= 4 is 11.7 Å². The highest BCUT2D eigenvalue weighted by atomic mass is 16.5. The lowest BCUT2D eigenvalue weighted by atomic mass is 10.1. The summed E-state index contributed by atoms with van der Waals surface area (Å²) >= 11 is 0. The maximum atomic E-state index is 12.0. The van der Waals surface area contributed by atoms with Crippen molar-refractivity contribution in [3.8, 4) is 5.75 Å². The molecule has 128 valence electrons. The highest BCUT2D eigenvalue weighted by Crippen LogP contribution is 2.13. The van der Waals surface area contributed by atoms with E-state index in [-0.39, 0.29) is 11.4 Å². The van der Waals surface area contributed by atoms with Crippen LogP contribution < -0.4 is 15.4 Å². The molecule has 0 atom stereocenters.